The zero-order valence-electron chi connectivity index (χ0n) is 20.3. The molecule has 0 fully saturated rings. The van der Waals surface area contributed by atoms with Crippen molar-refractivity contribution in [3.05, 3.63) is 48.3 Å². The third-order valence-corrected chi connectivity index (χ3v) is 4.66. The first kappa shape index (κ1) is 27.4. The van der Waals surface area contributed by atoms with Crippen LogP contribution in [-0.4, -0.2) is 68.7 Å². The van der Waals surface area contributed by atoms with Gasteiger partial charge in [-0.15, -0.1) is 0 Å². The van der Waals surface area contributed by atoms with E-state index in [2.05, 4.69) is 10.3 Å². The summed E-state index contributed by atoms with van der Waals surface area (Å²) >= 11 is 0. The summed E-state index contributed by atoms with van der Waals surface area (Å²) in [6.45, 7) is 4.07. The van der Waals surface area contributed by atoms with Crippen LogP contribution >= 0.6 is 0 Å². The summed E-state index contributed by atoms with van der Waals surface area (Å²) in [5.41, 5.74) is -0.162. The minimum Gasteiger partial charge on any atom is -0.493 e. The summed E-state index contributed by atoms with van der Waals surface area (Å²) in [4.78, 5) is 40.6. The zero-order valence-corrected chi connectivity index (χ0v) is 20.3. The van der Waals surface area contributed by atoms with Crippen LogP contribution < -0.4 is 19.5 Å². The molecule has 0 spiro atoms. The van der Waals surface area contributed by atoms with E-state index in [1.165, 1.54) is 40.3 Å². The number of hydrogen-bond donors (Lipinski definition) is 1. The van der Waals surface area contributed by atoms with E-state index in [-0.39, 0.29) is 23.8 Å². The van der Waals surface area contributed by atoms with Crippen molar-refractivity contribution in [3.63, 3.8) is 0 Å². The molecule has 0 bridgehead atoms. The number of amides is 1. The molecule has 1 amide bonds. The number of rotatable bonds is 13. The van der Waals surface area contributed by atoms with Gasteiger partial charge in [-0.25, -0.2) is 9.78 Å². The Morgan fingerprint density at radius 1 is 1.06 bits per heavy atom. The Hall–Kier alpha value is -3.86. The van der Waals surface area contributed by atoms with Crippen molar-refractivity contribution < 1.29 is 42.8 Å². The van der Waals surface area contributed by atoms with Gasteiger partial charge in [-0.2, -0.15) is 0 Å². The van der Waals surface area contributed by atoms with Crippen LogP contribution in [0.2, 0.25) is 0 Å². The molecule has 2 rings (SSSR count). The van der Waals surface area contributed by atoms with E-state index in [4.69, 9.17) is 28.4 Å². The number of aromatic nitrogens is 1. The van der Waals surface area contributed by atoms with Crippen LogP contribution in [0, 0.1) is 0 Å². The van der Waals surface area contributed by atoms with Crippen molar-refractivity contribution in [2.75, 3.05) is 27.6 Å². The lowest BCUT2D eigenvalue weighted by Crippen LogP contribution is -2.44. The molecule has 11 nitrogen and oxygen atoms in total. The van der Waals surface area contributed by atoms with E-state index in [0.29, 0.717) is 5.75 Å². The first-order valence-electron chi connectivity index (χ1n) is 10.8. The molecule has 11 heteroatoms. The van der Waals surface area contributed by atoms with Crippen molar-refractivity contribution in [1.82, 2.24) is 10.3 Å². The topological polar surface area (TPSA) is 132 Å². The van der Waals surface area contributed by atoms with Gasteiger partial charge in [-0.1, -0.05) is 18.2 Å². The number of carbonyl (C=O) groups is 3. The zero-order chi connectivity index (χ0) is 25.8. The molecule has 190 valence electrons. The molecule has 1 aromatic carbocycles. The molecule has 0 aliphatic rings. The fourth-order valence-corrected chi connectivity index (χ4v) is 2.86. The number of esters is 2. The van der Waals surface area contributed by atoms with Gasteiger partial charge >= 0.3 is 11.9 Å². The second-order valence-corrected chi connectivity index (χ2v) is 7.35. The first-order chi connectivity index (χ1) is 16.8. The monoisotopic (exact) mass is 490 g/mol. The lowest BCUT2D eigenvalue weighted by Gasteiger charge is -2.26. The van der Waals surface area contributed by atoms with Crippen molar-refractivity contribution >= 4 is 17.8 Å². The van der Waals surface area contributed by atoms with Crippen LogP contribution in [0.25, 0.3) is 0 Å². The molecule has 0 radical (unpaired) electrons. The Morgan fingerprint density at radius 2 is 1.77 bits per heavy atom. The summed E-state index contributed by atoms with van der Waals surface area (Å²) in [5, 5.41) is 2.52. The third-order valence-electron chi connectivity index (χ3n) is 4.66. The van der Waals surface area contributed by atoms with Gasteiger partial charge in [-0.3, -0.25) is 9.59 Å². The molecule has 1 heterocycles. The van der Waals surface area contributed by atoms with Gasteiger partial charge in [0.2, 0.25) is 6.79 Å². The van der Waals surface area contributed by atoms with E-state index in [1.54, 1.807) is 19.1 Å². The van der Waals surface area contributed by atoms with Crippen LogP contribution in [0.3, 0.4) is 0 Å². The number of ether oxygens (including phenoxy) is 6. The molecule has 3 atom stereocenters. The van der Waals surface area contributed by atoms with Gasteiger partial charge in [0.05, 0.1) is 13.7 Å². The SMILES string of the molecule is COC[C@@H](OC(=O)[C@H](C)NC(=O)c1nccc(OC)c1OCOC(C)=O)[C@H](C)Oc1ccccc1. The molecule has 1 N–H and O–H groups in total. The molecule has 0 aliphatic carbocycles. The van der Waals surface area contributed by atoms with E-state index in [1.807, 2.05) is 18.2 Å². The molecule has 1 aromatic heterocycles. The van der Waals surface area contributed by atoms with E-state index in [0.717, 1.165) is 0 Å². The maximum Gasteiger partial charge on any atom is 0.328 e. The maximum absolute atomic E-state index is 12.9. The maximum atomic E-state index is 12.9. The third kappa shape index (κ3) is 8.45. The van der Waals surface area contributed by atoms with E-state index in [9.17, 15) is 14.4 Å². The summed E-state index contributed by atoms with van der Waals surface area (Å²) < 4.78 is 31.9. The highest BCUT2D eigenvalue weighted by Gasteiger charge is 2.28. The predicted molar refractivity (Wildman–Crippen MR) is 123 cm³/mol. The number of nitrogens with zero attached hydrogens (tertiary/aromatic N) is 1. The summed E-state index contributed by atoms with van der Waals surface area (Å²) in [5.74, 6) is -1.22. The second-order valence-electron chi connectivity index (χ2n) is 7.35. The predicted octanol–water partition coefficient (Wildman–Crippen LogP) is 2.13. The number of nitrogens with one attached hydrogen (secondary N) is 1. The molecule has 0 unspecified atom stereocenters. The highest BCUT2D eigenvalue weighted by Crippen LogP contribution is 2.29. The number of benzene rings is 1. The summed E-state index contributed by atoms with van der Waals surface area (Å²) in [7, 11) is 2.86. The fraction of sp³-hybridized carbons (Fsp3) is 0.417. The molecular weight excluding hydrogens is 460 g/mol. The fourth-order valence-electron chi connectivity index (χ4n) is 2.86. The number of pyridine rings is 1. The van der Waals surface area contributed by atoms with Crippen molar-refractivity contribution in [2.24, 2.45) is 0 Å². The van der Waals surface area contributed by atoms with Crippen molar-refractivity contribution in [2.45, 2.75) is 39.0 Å². The van der Waals surface area contributed by atoms with Gasteiger partial charge in [0.1, 0.15) is 17.9 Å². The summed E-state index contributed by atoms with van der Waals surface area (Å²) in [6.07, 6.45) is 0.0854. The highest BCUT2D eigenvalue weighted by molar-refractivity contribution is 5.98. The lowest BCUT2D eigenvalue weighted by atomic mass is 10.2. The quantitative estimate of drug-likeness (QED) is 0.329. The Bertz CT molecular complexity index is 984. The molecule has 35 heavy (non-hydrogen) atoms. The van der Waals surface area contributed by atoms with Crippen molar-refractivity contribution in [3.8, 4) is 17.2 Å². The smallest absolute Gasteiger partial charge is 0.328 e. The summed E-state index contributed by atoms with van der Waals surface area (Å²) in [6, 6.07) is 9.52. The average molecular weight is 491 g/mol. The Kier molecular flexibility index (Phi) is 10.8. The minimum absolute atomic E-state index is 0.0449. The highest BCUT2D eigenvalue weighted by atomic mass is 16.7. The van der Waals surface area contributed by atoms with Crippen LogP contribution in [0.1, 0.15) is 31.3 Å². The second kappa shape index (κ2) is 13.8. The first-order valence-corrected chi connectivity index (χ1v) is 10.8. The molecule has 0 aliphatic heterocycles. The Balaban J connectivity index is 2.06. The molecule has 2 aromatic rings. The number of hydrogen-bond acceptors (Lipinski definition) is 10. The van der Waals surface area contributed by atoms with Crippen LogP contribution in [0.4, 0.5) is 0 Å². The standard InChI is InChI=1S/C24H30N2O9/c1-15(24(29)35-20(13-30-4)16(2)34-18-9-7-6-8-10-18)26-23(28)21-22(33-14-32-17(3)27)19(31-5)11-12-25-21/h6-12,15-16,20H,13-14H2,1-5H3,(H,26,28)/t15-,16-,20+/m0/s1. The van der Waals surface area contributed by atoms with Crippen LogP contribution in [-0.2, 0) is 23.8 Å². The average Bonchev–Trinajstić information content (AvgIpc) is 2.83. The molecule has 0 saturated carbocycles. The van der Waals surface area contributed by atoms with Gasteiger partial charge < -0.3 is 33.7 Å². The number of carbonyl (C=O) groups excluding carboxylic acids is 3. The van der Waals surface area contributed by atoms with Gasteiger partial charge in [0.25, 0.3) is 5.91 Å². The van der Waals surface area contributed by atoms with Crippen LogP contribution in [0.15, 0.2) is 42.6 Å². The van der Waals surface area contributed by atoms with Gasteiger partial charge in [-0.05, 0) is 26.0 Å². The Morgan fingerprint density at radius 3 is 2.40 bits per heavy atom. The minimum atomic E-state index is -1.04. The molecule has 0 saturated heterocycles. The molecular formula is C24H30N2O9. The van der Waals surface area contributed by atoms with E-state index < -0.39 is 42.9 Å². The number of methoxy groups -OCH3 is 2. The van der Waals surface area contributed by atoms with Gasteiger partial charge in [0.15, 0.2) is 23.3 Å². The van der Waals surface area contributed by atoms with E-state index >= 15 is 0 Å². The normalized spacial score (nSPS) is 13.1. The van der Waals surface area contributed by atoms with Crippen molar-refractivity contribution in [1.29, 1.82) is 0 Å². The largest absolute Gasteiger partial charge is 0.493 e. The van der Waals surface area contributed by atoms with Gasteiger partial charge in [0, 0.05) is 26.3 Å². The Labute approximate surface area is 203 Å². The lowest BCUT2D eigenvalue weighted by molar-refractivity contribution is -0.159. The van der Waals surface area contributed by atoms with Crippen LogP contribution in [0.5, 0.6) is 17.2 Å². The number of para-hydroxylation sites is 1.